The number of nitrogens with two attached hydrogens (primary N) is 1. The molecule has 0 radical (unpaired) electrons. The second-order valence-corrected chi connectivity index (χ2v) is 15.9. The summed E-state index contributed by atoms with van der Waals surface area (Å²) in [5.74, 6) is 1.51. The van der Waals surface area contributed by atoms with Crippen LogP contribution in [0.15, 0.2) is 66.1 Å². The van der Waals surface area contributed by atoms with Crippen molar-refractivity contribution < 1.29 is 9.47 Å². The van der Waals surface area contributed by atoms with E-state index >= 15 is 0 Å². The van der Waals surface area contributed by atoms with Crippen LogP contribution in [0.5, 0.6) is 11.5 Å². The van der Waals surface area contributed by atoms with E-state index in [-0.39, 0.29) is 0 Å². The number of fused-ring (bicyclic) bond motifs is 1. The summed E-state index contributed by atoms with van der Waals surface area (Å²) in [6, 6.07) is 12.9. The summed E-state index contributed by atoms with van der Waals surface area (Å²) in [7, 11) is -1.11. The molecule has 0 amide bonds. The van der Waals surface area contributed by atoms with Crippen LogP contribution in [0.25, 0.3) is 5.65 Å². The van der Waals surface area contributed by atoms with Gasteiger partial charge in [-0.2, -0.15) is 0 Å². The number of hydrogen-bond acceptors (Lipinski definition) is 7. The molecule has 0 atom stereocenters. The highest BCUT2D eigenvalue weighted by Crippen LogP contribution is 2.23. The number of allylic oxidation sites excluding steroid dienone is 1. The van der Waals surface area contributed by atoms with Gasteiger partial charge in [-0.25, -0.2) is 4.98 Å². The number of aromatic nitrogens is 2. The van der Waals surface area contributed by atoms with E-state index in [4.69, 9.17) is 20.2 Å². The zero-order valence-electron chi connectivity index (χ0n) is 21.6. The van der Waals surface area contributed by atoms with Crippen molar-refractivity contribution in [3.05, 3.63) is 72.3 Å². The minimum Gasteiger partial charge on any atom is -0.456 e. The highest BCUT2D eigenvalue weighted by atomic mass is 28.3. The predicted molar refractivity (Wildman–Crippen MR) is 149 cm³/mol. The highest BCUT2D eigenvalue weighted by molar-refractivity contribution is 6.76. The van der Waals surface area contributed by atoms with E-state index in [0.717, 1.165) is 79.5 Å². The van der Waals surface area contributed by atoms with E-state index < -0.39 is 8.07 Å². The van der Waals surface area contributed by atoms with Gasteiger partial charge in [0.1, 0.15) is 23.9 Å². The van der Waals surface area contributed by atoms with Gasteiger partial charge in [0.25, 0.3) is 0 Å². The van der Waals surface area contributed by atoms with Crippen LogP contribution in [0.4, 0.5) is 0 Å². The Bertz CT molecular complexity index is 1180. The van der Waals surface area contributed by atoms with Crippen LogP contribution >= 0.6 is 0 Å². The monoisotopic (exact) mass is 506 g/mol. The quantitative estimate of drug-likeness (QED) is 0.231. The molecule has 0 unspecified atom stereocenters. The lowest BCUT2D eigenvalue weighted by Gasteiger charge is -2.26. The lowest BCUT2D eigenvalue weighted by atomic mass is 10.1. The lowest BCUT2D eigenvalue weighted by Crippen LogP contribution is -2.42. The number of hydrogen-bond donors (Lipinski definition) is 2. The Morgan fingerprint density at radius 3 is 2.56 bits per heavy atom. The first kappa shape index (κ1) is 26.1. The number of pyridine rings is 1. The van der Waals surface area contributed by atoms with Gasteiger partial charge in [0.05, 0.1) is 17.6 Å². The second-order valence-electron chi connectivity index (χ2n) is 10.3. The zero-order chi connectivity index (χ0) is 25.4. The van der Waals surface area contributed by atoms with Gasteiger partial charge in [-0.1, -0.05) is 19.6 Å². The first-order valence-corrected chi connectivity index (χ1v) is 16.3. The number of rotatable bonds is 11. The molecule has 8 nitrogen and oxygen atoms in total. The highest BCUT2D eigenvalue weighted by Gasteiger charge is 2.13. The molecule has 2 aromatic heterocycles. The minimum atomic E-state index is -1.11. The number of aliphatic imine (C=N–C) groups is 1. The summed E-state index contributed by atoms with van der Waals surface area (Å²) < 4.78 is 13.9. The molecule has 1 aromatic carbocycles. The number of nitrogens with one attached hydrogen (secondary N) is 1. The maximum absolute atomic E-state index is 6.11. The van der Waals surface area contributed by atoms with Gasteiger partial charge in [-0.05, 0) is 54.7 Å². The van der Waals surface area contributed by atoms with Crippen molar-refractivity contribution >= 4 is 19.4 Å². The molecule has 1 aliphatic rings. The summed E-state index contributed by atoms with van der Waals surface area (Å²) in [5.41, 5.74) is 9.39. The number of ether oxygens (including phenoxy) is 2. The van der Waals surface area contributed by atoms with E-state index in [1.54, 1.807) is 6.08 Å². The third kappa shape index (κ3) is 7.76. The largest absolute Gasteiger partial charge is 0.456 e. The van der Waals surface area contributed by atoms with E-state index in [1.807, 2.05) is 47.0 Å². The van der Waals surface area contributed by atoms with Crippen molar-refractivity contribution in [2.75, 3.05) is 39.5 Å². The summed E-state index contributed by atoms with van der Waals surface area (Å²) in [6.07, 6.45) is 7.35. The average Bonchev–Trinajstić information content (AvgIpc) is 3.25. The fourth-order valence-electron chi connectivity index (χ4n) is 3.98. The van der Waals surface area contributed by atoms with E-state index in [0.29, 0.717) is 6.73 Å². The first-order chi connectivity index (χ1) is 17.4. The van der Waals surface area contributed by atoms with Crippen LogP contribution in [0.1, 0.15) is 11.3 Å². The number of imidazole rings is 1. The van der Waals surface area contributed by atoms with Crippen molar-refractivity contribution in [2.45, 2.75) is 32.2 Å². The molecular formula is C27H38N6O2Si. The SMILES string of the molecule is C[Si](C)(C)CCOCN=C(C=CN)c1ccc(Oc2ccc3nc(CN4CCNCC4)cn3c2)cc1. The van der Waals surface area contributed by atoms with Crippen LogP contribution in [0, 0.1) is 0 Å². The van der Waals surface area contributed by atoms with Crippen LogP contribution in [0.2, 0.25) is 25.7 Å². The molecule has 4 rings (SSSR count). The second kappa shape index (κ2) is 12.3. The van der Waals surface area contributed by atoms with Gasteiger partial charge in [0.2, 0.25) is 0 Å². The average molecular weight is 507 g/mol. The Morgan fingerprint density at radius 2 is 1.83 bits per heavy atom. The maximum Gasteiger partial charge on any atom is 0.144 e. The van der Waals surface area contributed by atoms with Crippen LogP contribution in [-0.4, -0.2) is 67.6 Å². The molecule has 36 heavy (non-hydrogen) atoms. The summed E-state index contributed by atoms with van der Waals surface area (Å²) in [4.78, 5) is 11.8. The Balaban J connectivity index is 1.37. The molecule has 3 aromatic rings. The lowest BCUT2D eigenvalue weighted by molar-refractivity contribution is 0.155. The normalized spacial score (nSPS) is 15.7. The molecule has 0 saturated carbocycles. The van der Waals surface area contributed by atoms with Crippen LogP contribution < -0.4 is 15.8 Å². The summed E-state index contributed by atoms with van der Waals surface area (Å²) >= 11 is 0. The molecular weight excluding hydrogens is 468 g/mol. The Labute approximate surface area is 214 Å². The maximum atomic E-state index is 6.11. The topological polar surface area (TPSA) is 89.4 Å². The summed E-state index contributed by atoms with van der Waals surface area (Å²) in [6.45, 7) is 13.1. The zero-order valence-corrected chi connectivity index (χ0v) is 22.6. The molecule has 9 heteroatoms. The van der Waals surface area contributed by atoms with Gasteiger partial charge < -0.3 is 24.9 Å². The Hall–Kier alpha value is -2.98. The molecule has 192 valence electrons. The number of piperazine rings is 1. The van der Waals surface area contributed by atoms with Gasteiger partial charge in [-0.3, -0.25) is 9.89 Å². The molecule has 3 heterocycles. The Kier molecular flexibility index (Phi) is 8.92. The molecule has 1 fully saturated rings. The third-order valence-electron chi connectivity index (χ3n) is 6.03. The predicted octanol–water partition coefficient (Wildman–Crippen LogP) is 4.11. The molecule has 0 aliphatic carbocycles. The van der Waals surface area contributed by atoms with Crippen LogP contribution in [0.3, 0.4) is 0 Å². The minimum absolute atomic E-state index is 0.323. The molecule has 3 N–H and O–H groups in total. The summed E-state index contributed by atoms with van der Waals surface area (Å²) in [5, 5.41) is 3.39. The van der Waals surface area contributed by atoms with Crippen molar-refractivity contribution in [3.8, 4) is 11.5 Å². The van der Waals surface area contributed by atoms with Gasteiger partial charge in [0, 0.05) is 59.2 Å². The van der Waals surface area contributed by atoms with Gasteiger partial charge >= 0.3 is 0 Å². The smallest absolute Gasteiger partial charge is 0.144 e. The molecule has 1 aliphatic heterocycles. The first-order valence-electron chi connectivity index (χ1n) is 12.6. The van der Waals surface area contributed by atoms with E-state index in [9.17, 15) is 0 Å². The third-order valence-corrected chi connectivity index (χ3v) is 7.74. The van der Waals surface area contributed by atoms with Crippen LogP contribution in [-0.2, 0) is 11.3 Å². The molecule has 0 bridgehead atoms. The number of nitrogens with zero attached hydrogens (tertiary/aromatic N) is 4. The fourth-order valence-corrected chi connectivity index (χ4v) is 4.73. The van der Waals surface area contributed by atoms with E-state index in [2.05, 4.69) is 41.0 Å². The van der Waals surface area contributed by atoms with Gasteiger partial charge in [0.15, 0.2) is 0 Å². The molecule has 0 spiro atoms. The molecule has 1 saturated heterocycles. The standard InChI is InChI=1S/C27H38N6O2Si/c1-36(2,3)17-16-34-21-30-26(10-11-28)22-4-6-24(7-5-22)35-25-8-9-27-31-23(19-33(27)20-25)18-32-14-12-29-13-15-32/h4-11,19-20,29H,12-18,21,28H2,1-3H3. The van der Waals surface area contributed by atoms with Crippen molar-refractivity contribution in [1.29, 1.82) is 0 Å². The van der Waals surface area contributed by atoms with Crippen molar-refractivity contribution in [2.24, 2.45) is 10.7 Å². The van der Waals surface area contributed by atoms with Crippen molar-refractivity contribution in [1.82, 2.24) is 19.6 Å². The Morgan fingerprint density at radius 1 is 1.08 bits per heavy atom. The fraction of sp³-hybridized carbons (Fsp3) is 0.407. The van der Waals surface area contributed by atoms with Gasteiger partial charge in [-0.15, -0.1) is 0 Å². The number of benzene rings is 1. The van der Waals surface area contributed by atoms with Crippen molar-refractivity contribution in [3.63, 3.8) is 0 Å². The van der Waals surface area contributed by atoms with E-state index in [1.165, 1.54) is 6.20 Å².